The van der Waals surface area contributed by atoms with E-state index in [4.69, 9.17) is 9.47 Å². The fourth-order valence-electron chi connectivity index (χ4n) is 2.59. The molecule has 1 atom stereocenters. The maximum atomic E-state index is 12.2. The Morgan fingerprint density at radius 1 is 1.14 bits per heavy atom. The minimum Gasteiger partial charge on any atom is -0.451 e. The van der Waals surface area contributed by atoms with Gasteiger partial charge in [-0.05, 0) is 43.7 Å². The maximum Gasteiger partial charge on any atom is 0.332 e. The number of rotatable bonds is 8. The average molecular weight is 398 g/mol. The zero-order valence-electron chi connectivity index (χ0n) is 15.8. The predicted molar refractivity (Wildman–Crippen MR) is 110 cm³/mol. The molecule has 3 aromatic rings. The Morgan fingerprint density at radius 3 is 2.61 bits per heavy atom. The van der Waals surface area contributed by atoms with Gasteiger partial charge in [-0.3, -0.25) is 4.79 Å². The van der Waals surface area contributed by atoms with Gasteiger partial charge in [0.1, 0.15) is 6.61 Å². The van der Waals surface area contributed by atoms with Crippen molar-refractivity contribution in [2.24, 2.45) is 0 Å². The van der Waals surface area contributed by atoms with E-state index in [0.29, 0.717) is 12.3 Å². The highest BCUT2D eigenvalue weighted by molar-refractivity contribution is 7.18. The molecule has 28 heavy (non-hydrogen) atoms. The Labute approximate surface area is 167 Å². The van der Waals surface area contributed by atoms with E-state index in [-0.39, 0.29) is 12.5 Å². The largest absolute Gasteiger partial charge is 0.451 e. The first-order valence-corrected chi connectivity index (χ1v) is 9.88. The van der Waals surface area contributed by atoms with Crippen molar-refractivity contribution >= 4 is 39.1 Å². The fourth-order valence-corrected chi connectivity index (χ4v) is 3.59. The van der Waals surface area contributed by atoms with Crippen LogP contribution in [0.5, 0.6) is 0 Å². The number of fused-ring (bicyclic) bond motifs is 1. The second-order valence-corrected chi connectivity index (χ2v) is 7.32. The molecular formula is C21H22N2O4S. The third kappa shape index (κ3) is 5.37. The number of esters is 1. The van der Waals surface area contributed by atoms with Gasteiger partial charge in [-0.2, -0.15) is 0 Å². The van der Waals surface area contributed by atoms with Crippen molar-refractivity contribution in [3.63, 3.8) is 0 Å². The number of thiazole rings is 1. The predicted octanol–water partition coefficient (Wildman–Crippen LogP) is 3.79. The molecular weight excluding hydrogens is 376 g/mol. The number of nitrogens with zero attached hydrogens (tertiary/aromatic N) is 1. The van der Waals surface area contributed by atoms with Crippen molar-refractivity contribution < 1.29 is 19.1 Å². The summed E-state index contributed by atoms with van der Waals surface area (Å²) in [6, 6.07) is 15.6. The molecule has 0 unspecified atom stereocenters. The monoisotopic (exact) mass is 398 g/mol. The van der Waals surface area contributed by atoms with Gasteiger partial charge in [0, 0.05) is 18.7 Å². The number of benzene rings is 2. The summed E-state index contributed by atoms with van der Waals surface area (Å²) in [6.45, 7) is 3.57. The summed E-state index contributed by atoms with van der Waals surface area (Å²) in [5, 5.41) is 3.79. The third-order valence-corrected chi connectivity index (χ3v) is 5.05. The lowest BCUT2D eigenvalue weighted by atomic mass is 10.1. The van der Waals surface area contributed by atoms with Crippen molar-refractivity contribution in [3.05, 3.63) is 59.1 Å². The number of amides is 1. The molecule has 0 radical (unpaired) electrons. The van der Waals surface area contributed by atoms with Crippen LogP contribution in [0.1, 0.15) is 24.4 Å². The summed E-state index contributed by atoms with van der Waals surface area (Å²) in [7, 11) is 0. The second kappa shape index (κ2) is 9.43. The molecule has 2 aromatic carbocycles. The third-order valence-electron chi connectivity index (χ3n) is 4.02. The van der Waals surface area contributed by atoms with Crippen LogP contribution in [0.2, 0.25) is 0 Å². The summed E-state index contributed by atoms with van der Waals surface area (Å²) >= 11 is 1.68. The summed E-state index contributed by atoms with van der Waals surface area (Å²) in [5.74, 6) is -0.945. The Balaban J connectivity index is 1.55. The second-order valence-electron chi connectivity index (χ2n) is 6.21. The standard InChI is InChI=1S/C21H22N2O4S/c1-3-26-13-20(24)27-14(2)21(25)22-16-10-8-15(9-11-16)12-19-23-17-6-4-5-7-18(17)28-19/h4-11,14H,3,12-13H2,1-2H3,(H,22,25)/t14-/m1/s1. The SMILES string of the molecule is CCOCC(=O)O[C@H](C)C(=O)Nc1ccc(Cc2nc3ccccc3s2)cc1. The van der Waals surface area contributed by atoms with E-state index in [0.717, 1.165) is 22.5 Å². The number of para-hydroxylation sites is 1. The van der Waals surface area contributed by atoms with Crippen LogP contribution >= 0.6 is 11.3 Å². The van der Waals surface area contributed by atoms with Gasteiger partial charge in [-0.15, -0.1) is 11.3 Å². The van der Waals surface area contributed by atoms with Gasteiger partial charge in [-0.1, -0.05) is 24.3 Å². The van der Waals surface area contributed by atoms with E-state index in [1.165, 1.54) is 11.6 Å². The lowest BCUT2D eigenvalue weighted by molar-refractivity contribution is -0.157. The van der Waals surface area contributed by atoms with Crippen LogP contribution in [0.15, 0.2) is 48.5 Å². The minimum atomic E-state index is -0.893. The van der Waals surface area contributed by atoms with Crippen molar-refractivity contribution in [3.8, 4) is 0 Å². The molecule has 6 nitrogen and oxygen atoms in total. The molecule has 0 aliphatic rings. The number of aromatic nitrogens is 1. The van der Waals surface area contributed by atoms with Crippen molar-refractivity contribution in [2.75, 3.05) is 18.5 Å². The van der Waals surface area contributed by atoms with Crippen LogP contribution in [0, 0.1) is 0 Å². The van der Waals surface area contributed by atoms with Crippen LogP contribution in [-0.4, -0.2) is 36.2 Å². The van der Waals surface area contributed by atoms with Crippen LogP contribution in [-0.2, 0) is 25.5 Å². The molecule has 1 N–H and O–H groups in total. The molecule has 7 heteroatoms. The number of ether oxygens (including phenoxy) is 2. The van der Waals surface area contributed by atoms with Gasteiger partial charge in [0.05, 0.1) is 15.2 Å². The number of anilines is 1. The van der Waals surface area contributed by atoms with Crippen molar-refractivity contribution in [1.29, 1.82) is 0 Å². The van der Waals surface area contributed by atoms with Gasteiger partial charge in [0.25, 0.3) is 5.91 Å². The zero-order valence-corrected chi connectivity index (χ0v) is 16.6. The summed E-state index contributed by atoms with van der Waals surface area (Å²) < 4.78 is 11.2. The average Bonchev–Trinajstić information content (AvgIpc) is 3.10. The first-order valence-electron chi connectivity index (χ1n) is 9.06. The highest BCUT2D eigenvalue weighted by atomic mass is 32.1. The quantitative estimate of drug-likeness (QED) is 0.584. The molecule has 1 heterocycles. The van der Waals surface area contributed by atoms with E-state index >= 15 is 0 Å². The van der Waals surface area contributed by atoms with Gasteiger partial charge in [0.15, 0.2) is 6.10 Å². The molecule has 0 saturated heterocycles. The number of hydrogen-bond donors (Lipinski definition) is 1. The first-order chi connectivity index (χ1) is 13.5. The lowest BCUT2D eigenvalue weighted by Crippen LogP contribution is -2.31. The number of nitrogens with one attached hydrogen (secondary N) is 1. The van der Waals surface area contributed by atoms with Crippen molar-refractivity contribution in [2.45, 2.75) is 26.4 Å². The molecule has 1 aromatic heterocycles. The molecule has 3 rings (SSSR count). The lowest BCUT2D eigenvalue weighted by Gasteiger charge is -2.13. The van der Waals surface area contributed by atoms with Crippen LogP contribution in [0.25, 0.3) is 10.2 Å². The molecule has 0 saturated carbocycles. The van der Waals surface area contributed by atoms with Crippen LogP contribution in [0.4, 0.5) is 5.69 Å². The van der Waals surface area contributed by atoms with E-state index in [1.54, 1.807) is 18.3 Å². The molecule has 0 bridgehead atoms. The van der Waals surface area contributed by atoms with E-state index < -0.39 is 12.1 Å². The molecule has 0 aliphatic carbocycles. The minimum absolute atomic E-state index is 0.158. The number of hydrogen-bond acceptors (Lipinski definition) is 6. The van der Waals surface area contributed by atoms with Crippen LogP contribution in [0.3, 0.4) is 0 Å². The summed E-state index contributed by atoms with van der Waals surface area (Å²) in [6.07, 6.45) is -0.158. The number of carbonyl (C=O) groups is 2. The Morgan fingerprint density at radius 2 is 1.89 bits per heavy atom. The Kier molecular flexibility index (Phi) is 6.73. The van der Waals surface area contributed by atoms with Gasteiger partial charge >= 0.3 is 5.97 Å². The van der Waals surface area contributed by atoms with E-state index in [1.807, 2.05) is 42.5 Å². The summed E-state index contributed by atoms with van der Waals surface area (Å²) in [4.78, 5) is 28.3. The van der Waals surface area contributed by atoms with Gasteiger partial charge in [-0.25, -0.2) is 9.78 Å². The summed E-state index contributed by atoms with van der Waals surface area (Å²) in [5.41, 5.74) is 2.76. The van der Waals surface area contributed by atoms with Crippen molar-refractivity contribution in [1.82, 2.24) is 4.98 Å². The zero-order chi connectivity index (χ0) is 19.9. The normalized spacial score (nSPS) is 11.9. The first kappa shape index (κ1) is 20.0. The molecule has 0 fully saturated rings. The van der Waals surface area contributed by atoms with Gasteiger partial charge < -0.3 is 14.8 Å². The smallest absolute Gasteiger partial charge is 0.332 e. The molecule has 146 valence electrons. The maximum absolute atomic E-state index is 12.2. The molecule has 1 amide bonds. The fraction of sp³-hybridized carbons (Fsp3) is 0.286. The van der Waals surface area contributed by atoms with Gasteiger partial charge in [0.2, 0.25) is 0 Å². The Hall–Kier alpha value is -2.77. The highest BCUT2D eigenvalue weighted by Gasteiger charge is 2.18. The topological polar surface area (TPSA) is 77.5 Å². The molecule has 0 aliphatic heterocycles. The van der Waals surface area contributed by atoms with Crippen LogP contribution < -0.4 is 5.32 Å². The number of carbonyl (C=O) groups excluding carboxylic acids is 2. The van der Waals surface area contributed by atoms with E-state index in [9.17, 15) is 9.59 Å². The Bertz CT molecular complexity index is 919. The highest BCUT2D eigenvalue weighted by Crippen LogP contribution is 2.24. The van der Waals surface area contributed by atoms with E-state index in [2.05, 4.69) is 16.4 Å². The molecule has 0 spiro atoms.